The largest absolute Gasteiger partial charge is 0.338 e. The molecule has 2 fully saturated rings. The molecule has 16 heavy (non-hydrogen) atoms. The van der Waals surface area contributed by atoms with Crippen molar-refractivity contribution in [3.05, 3.63) is 12.7 Å². The second-order valence-corrected chi connectivity index (χ2v) is 4.75. The highest BCUT2D eigenvalue weighted by atomic mass is 16.2. The topological polar surface area (TPSA) is 49.6 Å². The van der Waals surface area contributed by atoms with Crippen LogP contribution in [0.1, 0.15) is 19.3 Å². The van der Waals surface area contributed by atoms with Crippen molar-refractivity contribution in [3.8, 4) is 0 Å². The van der Waals surface area contributed by atoms with E-state index in [1.54, 1.807) is 6.08 Å². The Morgan fingerprint density at radius 3 is 3.06 bits per heavy atom. The van der Waals surface area contributed by atoms with Crippen LogP contribution in [0.3, 0.4) is 0 Å². The fourth-order valence-corrected chi connectivity index (χ4v) is 2.71. The van der Waals surface area contributed by atoms with E-state index in [0.717, 1.165) is 19.6 Å². The molecule has 0 aromatic heterocycles. The van der Waals surface area contributed by atoms with Gasteiger partial charge in [-0.05, 0) is 25.8 Å². The van der Waals surface area contributed by atoms with Crippen LogP contribution in [0.4, 0.5) is 0 Å². The van der Waals surface area contributed by atoms with Crippen molar-refractivity contribution < 1.29 is 4.79 Å². The van der Waals surface area contributed by atoms with Crippen molar-refractivity contribution in [1.82, 2.24) is 9.80 Å². The number of amides is 1. The van der Waals surface area contributed by atoms with Crippen LogP contribution in [-0.4, -0.2) is 54.0 Å². The van der Waals surface area contributed by atoms with E-state index in [2.05, 4.69) is 11.5 Å². The van der Waals surface area contributed by atoms with Crippen molar-refractivity contribution >= 4 is 5.91 Å². The summed E-state index contributed by atoms with van der Waals surface area (Å²) in [5, 5.41) is 0. The van der Waals surface area contributed by atoms with Crippen molar-refractivity contribution in [1.29, 1.82) is 0 Å². The molecule has 2 N–H and O–H groups in total. The molecule has 2 aliphatic rings. The third-order valence-corrected chi connectivity index (χ3v) is 3.64. The Kier molecular flexibility index (Phi) is 3.61. The molecule has 4 heteroatoms. The molecule has 4 nitrogen and oxygen atoms in total. The summed E-state index contributed by atoms with van der Waals surface area (Å²) in [6.07, 6.45) is 4.78. The Labute approximate surface area is 97.1 Å². The first-order valence-electron chi connectivity index (χ1n) is 6.11. The van der Waals surface area contributed by atoms with Crippen LogP contribution in [-0.2, 0) is 4.79 Å². The first-order valence-corrected chi connectivity index (χ1v) is 6.11. The van der Waals surface area contributed by atoms with E-state index in [4.69, 9.17) is 5.73 Å². The van der Waals surface area contributed by atoms with Gasteiger partial charge in [0, 0.05) is 25.7 Å². The molecule has 0 aromatic carbocycles. The van der Waals surface area contributed by atoms with E-state index in [9.17, 15) is 4.79 Å². The highest BCUT2D eigenvalue weighted by molar-refractivity contribution is 5.82. The number of piperazine rings is 1. The van der Waals surface area contributed by atoms with Crippen molar-refractivity contribution in [2.75, 3.05) is 26.2 Å². The SMILES string of the molecule is C=CCC(N)C(=O)N1CCN2CCCC2C1. The number of carbonyl (C=O) groups is 1. The van der Waals surface area contributed by atoms with E-state index in [0.29, 0.717) is 12.5 Å². The average Bonchev–Trinajstić information content (AvgIpc) is 2.75. The van der Waals surface area contributed by atoms with Gasteiger partial charge in [-0.25, -0.2) is 0 Å². The third kappa shape index (κ3) is 2.28. The molecule has 0 aromatic rings. The quantitative estimate of drug-likeness (QED) is 0.695. The molecule has 0 radical (unpaired) electrons. The molecule has 2 unspecified atom stereocenters. The van der Waals surface area contributed by atoms with Gasteiger partial charge < -0.3 is 10.6 Å². The highest BCUT2D eigenvalue weighted by Crippen LogP contribution is 2.21. The van der Waals surface area contributed by atoms with E-state index >= 15 is 0 Å². The van der Waals surface area contributed by atoms with Crippen LogP contribution < -0.4 is 5.73 Å². The molecular weight excluding hydrogens is 202 g/mol. The summed E-state index contributed by atoms with van der Waals surface area (Å²) in [6.45, 7) is 7.53. The zero-order valence-electron chi connectivity index (χ0n) is 9.77. The first kappa shape index (κ1) is 11.6. The minimum Gasteiger partial charge on any atom is -0.338 e. The highest BCUT2D eigenvalue weighted by Gasteiger charge is 2.33. The van der Waals surface area contributed by atoms with Gasteiger partial charge in [-0.15, -0.1) is 6.58 Å². The van der Waals surface area contributed by atoms with Crippen LogP contribution in [0.15, 0.2) is 12.7 Å². The van der Waals surface area contributed by atoms with E-state index < -0.39 is 6.04 Å². The molecule has 0 saturated carbocycles. The fraction of sp³-hybridized carbons (Fsp3) is 0.750. The lowest BCUT2D eigenvalue weighted by atomic mass is 10.1. The fourth-order valence-electron chi connectivity index (χ4n) is 2.71. The van der Waals surface area contributed by atoms with Gasteiger partial charge in [0.05, 0.1) is 6.04 Å². The molecule has 0 bridgehead atoms. The molecule has 90 valence electrons. The number of hydrogen-bond donors (Lipinski definition) is 1. The summed E-state index contributed by atoms with van der Waals surface area (Å²) in [5.74, 6) is 0.0893. The Hall–Kier alpha value is -0.870. The predicted octanol–water partition coefficient (Wildman–Crippen LogP) is 0.196. The summed E-state index contributed by atoms with van der Waals surface area (Å²) in [7, 11) is 0. The Bertz CT molecular complexity index is 279. The average molecular weight is 223 g/mol. The standard InChI is InChI=1S/C12H21N3O/c1-2-4-11(13)12(16)15-8-7-14-6-3-5-10(14)9-15/h2,10-11H,1,3-9,13H2. The number of nitrogens with zero attached hydrogens (tertiary/aromatic N) is 2. The molecule has 2 atom stereocenters. The summed E-state index contributed by atoms with van der Waals surface area (Å²) >= 11 is 0. The minimum atomic E-state index is -0.398. The van der Waals surface area contributed by atoms with E-state index in [1.165, 1.54) is 19.4 Å². The van der Waals surface area contributed by atoms with Crippen molar-refractivity contribution in [2.45, 2.75) is 31.3 Å². The van der Waals surface area contributed by atoms with Gasteiger partial charge in [0.15, 0.2) is 0 Å². The van der Waals surface area contributed by atoms with Crippen LogP contribution in [0.2, 0.25) is 0 Å². The number of carbonyl (C=O) groups excluding carboxylic acids is 1. The van der Waals surface area contributed by atoms with Gasteiger partial charge in [-0.2, -0.15) is 0 Å². The second kappa shape index (κ2) is 4.97. The maximum atomic E-state index is 12.0. The Morgan fingerprint density at radius 1 is 1.50 bits per heavy atom. The molecular formula is C12H21N3O. The lowest BCUT2D eigenvalue weighted by molar-refractivity contribution is -0.135. The lowest BCUT2D eigenvalue weighted by Crippen LogP contribution is -2.55. The van der Waals surface area contributed by atoms with Gasteiger partial charge in [0.2, 0.25) is 5.91 Å². The maximum Gasteiger partial charge on any atom is 0.239 e. The molecule has 0 spiro atoms. The van der Waals surface area contributed by atoms with Gasteiger partial charge >= 0.3 is 0 Å². The summed E-state index contributed by atoms with van der Waals surface area (Å²) in [4.78, 5) is 16.4. The first-order chi connectivity index (χ1) is 7.72. The third-order valence-electron chi connectivity index (χ3n) is 3.64. The van der Waals surface area contributed by atoms with Crippen LogP contribution >= 0.6 is 0 Å². The molecule has 2 saturated heterocycles. The van der Waals surface area contributed by atoms with E-state index in [-0.39, 0.29) is 5.91 Å². The monoisotopic (exact) mass is 223 g/mol. The molecule has 1 amide bonds. The molecule has 2 heterocycles. The van der Waals surface area contributed by atoms with Gasteiger partial charge in [-0.3, -0.25) is 9.69 Å². The van der Waals surface area contributed by atoms with Gasteiger partial charge in [0.1, 0.15) is 0 Å². The van der Waals surface area contributed by atoms with Gasteiger partial charge in [-0.1, -0.05) is 6.08 Å². The lowest BCUT2D eigenvalue weighted by Gasteiger charge is -2.38. The number of fused-ring (bicyclic) bond motifs is 1. The predicted molar refractivity (Wildman–Crippen MR) is 64.0 cm³/mol. The number of hydrogen-bond acceptors (Lipinski definition) is 3. The smallest absolute Gasteiger partial charge is 0.239 e. The number of rotatable bonds is 3. The normalized spacial score (nSPS) is 27.6. The van der Waals surface area contributed by atoms with Crippen LogP contribution in [0.5, 0.6) is 0 Å². The van der Waals surface area contributed by atoms with Crippen molar-refractivity contribution in [2.24, 2.45) is 5.73 Å². The zero-order valence-corrected chi connectivity index (χ0v) is 9.77. The molecule has 0 aliphatic carbocycles. The minimum absolute atomic E-state index is 0.0893. The van der Waals surface area contributed by atoms with Gasteiger partial charge in [0.25, 0.3) is 0 Å². The summed E-state index contributed by atoms with van der Waals surface area (Å²) in [6, 6.07) is 0.180. The Balaban J connectivity index is 1.90. The van der Waals surface area contributed by atoms with Crippen LogP contribution in [0, 0.1) is 0 Å². The Morgan fingerprint density at radius 2 is 2.31 bits per heavy atom. The number of nitrogens with two attached hydrogens (primary N) is 1. The van der Waals surface area contributed by atoms with Crippen molar-refractivity contribution in [3.63, 3.8) is 0 Å². The summed E-state index contributed by atoms with van der Waals surface area (Å²) < 4.78 is 0. The second-order valence-electron chi connectivity index (χ2n) is 4.75. The molecule has 2 rings (SSSR count). The zero-order chi connectivity index (χ0) is 11.5. The maximum absolute atomic E-state index is 12.0. The van der Waals surface area contributed by atoms with Crippen LogP contribution in [0.25, 0.3) is 0 Å². The molecule has 2 aliphatic heterocycles. The summed E-state index contributed by atoms with van der Waals surface area (Å²) in [5.41, 5.74) is 5.82. The van der Waals surface area contributed by atoms with E-state index in [1.807, 2.05) is 4.90 Å².